The normalized spacial score (nSPS) is 25.3. The molecule has 0 aliphatic carbocycles. The second kappa shape index (κ2) is 5.55. The largest absolute Gasteiger partial charge is 0.374 e. The summed E-state index contributed by atoms with van der Waals surface area (Å²) in [4.78, 5) is 0. The molecule has 1 aromatic carbocycles. The highest BCUT2D eigenvalue weighted by atomic mass is 35.5. The van der Waals surface area contributed by atoms with Gasteiger partial charge in [0.15, 0.2) is 0 Å². The van der Waals surface area contributed by atoms with Crippen molar-refractivity contribution < 1.29 is 9.13 Å². The summed E-state index contributed by atoms with van der Waals surface area (Å²) in [5, 5.41) is 3.81. The van der Waals surface area contributed by atoms with Gasteiger partial charge >= 0.3 is 0 Å². The molecule has 1 aliphatic rings. The van der Waals surface area contributed by atoms with Crippen LogP contribution in [-0.4, -0.2) is 25.3 Å². The molecule has 1 aromatic rings. The monoisotopic (exact) mass is 271 g/mol. The fourth-order valence-electron chi connectivity index (χ4n) is 2.62. The highest BCUT2D eigenvalue weighted by molar-refractivity contribution is 6.30. The van der Waals surface area contributed by atoms with Gasteiger partial charge in [0.2, 0.25) is 0 Å². The third kappa shape index (κ3) is 2.85. The Morgan fingerprint density at radius 3 is 2.94 bits per heavy atom. The van der Waals surface area contributed by atoms with E-state index in [4.69, 9.17) is 16.3 Å². The summed E-state index contributed by atoms with van der Waals surface area (Å²) in [6, 6.07) is 4.78. The van der Waals surface area contributed by atoms with Crippen molar-refractivity contribution in [3.05, 3.63) is 34.6 Å². The van der Waals surface area contributed by atoms with Crippen LogP contribution in [0.5, 0.6) is 0 Å². The summed E-state index contributed by atoms with van der Waals surface area (Å²) in [5.41, 5.74) is 0.419. The molecule has 0 radical (unpaired) electrons. The maximum atomic E-state index is 13.8. The second-order valence-electron chi connectivity index (χ2n) is 5.05. The van der Waals surface area contributed by atoms with Gasteiger partial charge in [-0.15, -0.1) is 0 Å². The lowest BCUT2D eigenvalue weighted by Gasteiger charge is -2.33. The van der Waals surface area contributed by atoms with E-state index in [1.165, 1.54) is 6.07 Å². The maximum absolute atomic E-state index is 13.8. The Bertz CT molecular complexity index is 418. The van der Waals surface area contributed by atoms with Gasteiger partial charge in [-0.3, -0.25) is 0 Å². The van der Waals surface area contributed by atoms with Crippen LogP contribution in [0.4, 0.5) is 4.39 Å². The molecule has 2 unspecified atom stereocenters. The fraction of sp³-hybridized carbons (Fsp3) is 0.571. The summed E-state index contributed by atoms with van der Waals surface area (Å²) in [7, 11) is 1.89. The Balaban J connectivity index is 2.17. The van der Waals surface area contributed by atoms with Gasteiger partial charge in [-0.05, 0) is 57.0 Å². The minimum atomic E-state index is -0.219. The van der Waals surface area contributed by atoms with E-state index in [1.54, 1.807) is 12.1 Å². The number of hydrogen-bond acceptors (Lipinski definition) is 2. The molecule has 1 fully saturated rings. The standard InChI is InChI=1S/C14H19ClFNO/c1-14(6-3-7-18-14)13(17-2)9-10-8-11(15)4-5-12(10)16/h4-5,8,13,17H,3,6-7,9H2,1-2H3. The molecule has 0 bridgehead atoms. The topological polar surface area (TPSA) is 21.3 Å². The summed E-state index contributed by atoms with van der Waals surface area (Å²) < 4.78 is 19.6. The van der Waals surface area contributed by atoms with Crippen LogP contribution in [0, 0.1) is 5.82 Å². The first-order valence-corrected chi connectivity index (χ1v) is 6.68. The zero-order chi connectivity index (χ0) is 13.2. The van der Waals surface area contributed by atoms with Crippen molar-refractivity contribution in [2.75, 3.05) is 13.7 Å². The number of ether oxygens (including phenoxy) is 1. The number of benzene rings is 1. The van der Waals surface area contributed by atoms with E-state index in [0.29, 0.717) is 17.0 Å². The van der Waals surface area contributed by atoms with Crippen molar-refractivity contribution in [2.24, 2.45) is 0 Å². The summed E-state index contributed by atoms with van der Waals surface area (Å²) in [5.74, 6) is -0.207. The van der Waals surface area contributed by atoms with E-state index < -0.39 is 0 Å². The van der Waals surface area contributed by atoms with Crippen LogP contribution in [0.2, 0.25) is 5.02 Å². The lowest BCUT2D eigenvalue weighted by molar-refractivity contribution is -0.00960. The number of nitrogens with one attached hydrogen (secondary N) is 1. The minimum Gasteiger partial charge on any atom is -0.374 e. The van der Waals surface area contributed by atoms with Crippen molar-refractivity contribution >= 4 is 11.6 Å². The predicted octanol–water partition coefficient (Wildman–Crippen LogP) is 3.18. The summed E-state index contributed by atoms with van der Waals surface area (Å²) >= 11 is 5.92. The van der Waals surface area contributed by atoms with E-state index in [0.717, 1.165) is 19.4 Å². The molecule has 2 atom stereocenters. The Morgan fingerprint density at radius 2 is 2.33 bits per heavy atom. The quantitative estimate of drug-likeness (QED) is 0.908. The average Bonchev–Trinajstić information content (AvgIpc) is 2.78. The first-order valence-electron chi connectivity index (χ1n) is 6.30. The molecule has 100 valence electrons. The molecule has 18 heavy (non-hydrogen) atoms. The molecule has 4 heteroatoms. The molecule has 0 amide bonds. The number of rotatable bonds is 4. The molecule has 1 saturated heterocycles. The van der Waals surface area contributed by atoms with Crippen LogP contribution in [0.3, 0.4) is 0 Å². The molecule has 1 N–H and O–H groups in total. The van der Waals surface area contributed by atoms with Gasteiger partial charge in [0, 0.05) is 17.7 Å². The van der Waals surface area contributed by atoms with Gasteiger partial charge in [-0.2, -0.15) is 0 Å². The van der Waals surface area contributed by atoms with Crippen molar-refractivity contribution in [3.63, 3.8) is 0 Å². The number of halogens is 2. The van der Waals surface area contributed by atoms with E-state index in [-0.39, 0.29) is 17.5 Å². The molecular formula is C14H19ClFNO. The maximum Gasteiger partial charge on any atom is 0.126 e. The van der Waals surface area contributed by atoms with Crippen LogP contribution in [-0.2, 0) is 11.2 Å². The Morgan fingerprint density at radius 1 is 1.56 bits per heavy atom. The van der Waals surface area contributed by atoms with Gasteiger partial charge in [-0.1, -0.05) is 11.6 Å². The van der Waals surface area contributed by atoms with Crippen LogP contribution in [0.15, 0.2) is 18.2 Å². The third-order valence-electron chi connectivity index (χ3n) is 3.77. The lowest BCUT2D eigenvalue weighted by Crippen LogP contribution is -2.48. The van der Waals surface area contributed by atoms with Crippen molar-refractivity contribution in [1.82, 2.24) is 5.32 Å². The zero-order valence-corrected chi connectivity index (χ0v) is 11.6. The molecular weight excluding hydrogens is 253 g/mol. The van der Waals surface area contributed by atoms with E-state index in [9.17, 15) is 4.39 Å². The Hall–Kier alpha value is -0.640. The molecule has 0 aromatic heterocycles. The second-order valence-corrected chi connectivity index (χ2v) is 5.48. The van der Waals surface area contributed by atoms with Crippen LogP contribution < -0.4 is 5.32 Å². The highest BCUT2D eigenvalue weighted by Crippen LogP contribution is 2.31. The molecule has 1 aliphatic heterocycles. The summed E-state index contributed by atoms with van der Waals surface area (Å²) in [6.07, 6.45) is 2.65. The Kier molecular flexibility index (Phi) is 4.25. The van der Waals surface area contributed by atoms with E-state index >= 15 is 0 Å². The first kappa shape index (κ1) is 13.8. The molecule has 2 nitrogen and oxygen atoms in total. The Labute approximate surface area is 112 Å². The van der Waals surface area contributed by atoms with Gasteiger partial charge in [0.25, 0.3) is 0 Å². The van der Waals surface area contributed by atoms with Gasteiger partial charge < -0.3 is 10.1 Å². The molecule has 0 saturated carbocycles. The first-order chi connectivity index (χ1) is 8.55. The lowest BCUT2D eigenvalue weighted by atomic mass is 9.88. The van der Waals surface area contributed by atoms with Crippen LogP contribution in [0.25, 0.3) is 0 Å². The van der Waals surface area contributed by atoms with Crippen LogP contribution in [0.1, 0.15) is 25.3 Å². The molecule has 2 rings (SSSR count). The van der Waals surface area contributed by atoms with Crippen molar-refractivity contribution in [3.8, 4) is 0 Å². The SMILES string of the molecule is CNC(Cc1cc(Cl)ccc1F)C1(C)CCCO1. The van der Waals surface area contributed by atoms with E-state index in [2.05, 4.69) is 12.2 Å². The predicted molar refractivity (Wildman–Crippen MR) is 71.6 cm³/mol. The average molecular weight is 272 g/mol. The van der Waals surface area contributed by atoms with Crippen LogP contribution >= 0.6 is 11.6 Å². The van der Waals surface area contributed by atoms with E-state index in [1.807, 2.05) is 7.05 Å². The highest BCUT2D eigenvalue weighted by Gasteiger charge is 2.37. The van der Waals surface area contributed by atoms with Crippen molar-refractivity contribution in [2.45, 2.75) is 37.8 Å². The third-order valence-corrected chi connectivity index (χ3v) is 4.00. The number of likely N-dealkylation sites (N-methyl/N-ethyl adjacent to an activating group) is 1. The smallest absolute Gasteiger partial charge is 0.126 e. The number of hydrogen-bond donors (Lipinski definition) is 1. The summed E-state index contributed by atoms with van der Waals surface area (Å²) in [6.45, 7) is 2.87. The molecule has 1 heterocycles. The fourth-order valence-corrected chi connectivity index (χ4v) is 2.81. The zero-order valence-electron chi connectivity index (χ0n) is 10.8. The van der Waals surface area contributed by atoms with Crippen molar-refractivity contribution in [1.29, 1.82) is 0 Å². The minimum absolute atomic E-state index is 0.0907. The van der Waals surface area contributed by atoms with Gasteiger partial charge in [0.05, 0.1) is 5.60 Å². The van der Waals surface area contributed by atoms with Gasteiger partial charge in [0.1, 0.15) is 5.82 Å². The van der Waals surface area contributed by atoms with Gasteiger partial charge in [-0.25, -0.2) is 4.39 Å². The molecule has 0 spiro atoms.